The molecule has 0 amide bonds. The smallest absolute Gasteiger partial charge is 0.123 e. The van der Waals surface area contributed by atoms with Crippen molar-refractivity contribution in [2.24, 2.45) is 11.7 Å². The molecule has 1 aliphatic rings. The maximum Gasteiger partial charge on any atom is 0.123 e. The maximum absolute atomic E-state index is 12.9. The molecule has 0 saturated heterocycles. The van der Waals surface area contributed by atoms with Crippen molar-refractivity contribution in [3.05, 3.63) is 35.6 Å². The fourth-order valence-electron chi connectivity index (χ4n) is 1.74. The van der Waals surface area contributed by atoms with Crippen molar-refractivity contribution in [1.29, 1.82) is 0 Å². The Morgan fingerprint density at radius 3 is 2.69 bits per heavy atom. The molecule has 0 aromatic heterocycles. The van der Waals surface area contributed by atoms with E-state index in [4.69, 9.17) is 5.73 Å². The van der Waals surface area contributed by atoms with Crippen molar-refractivity contribution < 1.29 is 4.39 Å². The average molecular weight is 179 g/mol. The first kappa shape index (κ1) is 8.70. The molecule has 0 aliphatic heterocycles. The first-order valence-corrected chi connectivity index (χ1v) is 4.65. The van der Waals surface area contributed by atoms with Crippen molar-refractivity contribution in [2.45, 2.75) is 25.3 Å². The van der Waals surface area contributed by atoms with Crippen molar-refractivity contribution in [3.63, 3.8) is 0 Å². The van der Waals surface area contributed by atoms with Gasteiger partial charge in [-0.1, -0.05) is 12.1 Å². The van der Waals surface area contributed by atoms with Crippen LogP contribution in [-0.2, 0) is 5.54 Å². The molecule has 1 aromatic carbocycles. The molecule has 2 rings (SSSR count). The standard InChI is InChI=1S/C11H14FN/c1-11(13,8-5-6-8)9-3-2-4-10(12)7-9/h2-4,7-8H,5-6,13H2,1H3. The van der Waals surface area contributed by atoms with Gasteiger partial charge in [0, 0.05) is 5.54 Å². The molecule has 1 saturated carbocycles. The largest absolute Gasteiger partial charge is 0.321 e. The normalized spacial score (nSPS) is 21.2. The summed E-state index contributed by atoms with van der Waals surface area (Å²) in [7, 11) is 0. The SMILES string of the molecule is CC(N)(c1cccc(F)c1)C1CC1. The predicted octanol–water partition coefficient (Wildman–Crippen LogP) is 2.41. The molecule has 0 heterocycles. The lowest BCUT2D eigenvalue weighted by Gasteiger charge is -2.24. The lowest BCUT2D eigenvalue weighted by atomic mass is 9.88. The van der Waals surface area contributed by atoms with Crippen LogP contribution in [0.5, 0.6) is 0 Å². The van der Waals surface area contributed by atoms with Crippen molar-refractivity contribution in [1.82, 2.24) is 0 Å². The summed E-state index contributed by atoms with van der Waals surface area (Å²) in [4.78, 5) is 0. The summed E-state index contributed by atoms with van der Waals surface area (Å²) in [6.45, 7) is 1.99. The van der Waals surface area contributed by atoms with Crippen molar-refractivity contribution >= 4 is 0 Å². The number of rotatable bonds is 2. The number of halogens is 1. The Bertz CT molecular complexity index is 316. The van der Waals surface area contributed by atoms with Crippen LogP contribution in [0.1, 0.15) is 25.3 Å². The van der Waals surface area contributed by atoms with Crippen molar-refractivity contribution in [2.75, 3.05) is 0 Å². The molecule has 13 heavy (non-hydrogen) atoms. The second-order valence-corrected chi connectivity index (χ2v) is 4.07. The predicted molar refractivity (Wildman–Crippen MR) is 50.7 cm³/mol. The summed E-state index contributed by atoms with van der Waals surface area (Å²) in [6.07, 6.45) is 2.34. The first-order valence-electron chi connectivity index (χ1n) is 4.65. The molecule has 1 fully saturated rings. The van der Waals surface area contributed by atoms with Crippen LogP contribution >= 0.6 is 0 Å². The zero-order chi connectivity index (χ0) is 9.47. The van der Waals surface area contributed by atoms with E-state index in [0.29, 0.717) is 5.92 Å². The van der Waals surface area contributed by atoms with E-state index >= 15 is 0 Å². The van der Waals surface area contributed by atoms with E-state index in [-0.39, 0.29) is 11.4 Å². The Kier molecular flexibility index (Phi) is 1.88. The van der Waals surface area contributed by atoms with Gasteiger partial charge in [-0.2, -0.15) is 0 Å². The summed E-state index contributed by atoms with van der Waals surface area (Å²) >= 11 is 0. The van der Waals surface area contributed by atoms with Gasteiger partial charge < -0.3 is 5.73 Å². The van der Waals surface area contributed by atoms with Crippen LogP contribution in [0.2, 0.25) is 0 Å². The Balaban J connectivity index is 2.33. The maximum atomic E-state index is 12.9. The van der Waals surface area contributed by atoms with Crippen LogP contribution in [0.15, 0.2) is 24.3 Å². The fourth-order valence-corrected chi connectivity index (χ4v) is 1.74. The molecule has 0 spiro atoms. The van der Waals surface area contributed by atoms with Gasteiger partial charge in [-0.05, 0) is 43.4 Å². The zero-order valence-electron chi connectivity index (χ0n) is 7.76. The molecule has 1 nitrogen and oxygen atoms in total. The van der Waals surface area contributed by atoms with Gasteiger partial charge in [-0.3, -0.25) is 0 Å². The fraction of sp³-hybridized carbons (Fsp3) is 0.455. The van der Waals surface area contributed by atoms with E-state index in [1.54, 1.807) is 12.1 Å². The highest BCUT2D eigenvalue weighted by Gasteiger charge is 2.39. The van der Waals surface area contributed by atoms with E-state index < -0.39 is 0 Å². The van der Waals surface area contributed by atoms with Crippen LogP contribution in [0, 0.1) is 11.7 Å². The van der Waals surface area contributed by atoms with Gasteiger partial charge in [0.15, 0.2) is 0 Å². The summed E-state index contributed by atoms with van der Waals surface area (Å²) < 4.78 is 12.9. The lowest BCUT2D eigenvalue weighted by molar-refractivity contribution is 0.424. The molecule has 1 aromatic rings. The second kappa shape index (κ2) is 2.81. The third-order valence-corrected chi connectivity index (χ3v) is 2.87. The molecule has 70 valence electrons. The second-order valence-electron chi connectivity index (χ2n) is 4.07. The van der Waals surface area contributed by atoms with Gasteiger partial charge in [-0.25, -0.2) is 4.39 Å². The minimum absolute atomic E-state index is 0.199. The number of nitrogens with two attached hydrogens (primary N) is 1. The minimum Gasteiger partial charge on any atom is -0.321 e. The highest BCUT2D eigenvalue weighted by atomic mass is 19.1. The Morgan fingerprint density at radius 2 is 2.15 bits per heavy atom. The monoisotopic (exact) mass is 179 g/mol. The van der Waals surface area contributed by atoms with Gasteiger partial charge in [0.05, 0.1) is 0 Å². The van der Waals surface area contributed by atoms with Crippen LogP contribution < -0.4 is 5.73 Å². The summed E-state index contributed by atoms with van der Waals surface area (Å²) in [5, 5.41) is 0. The average Bonchev–Trinajstić information content (AvgIpc) is 2.86. The molecule has 1 aliphatic carbocycles. The van der Waals surface area contributed by atoms with E-state index in [1.807, 2.05) is 13.0 Å². The van der Waals surface area contributed by atoms with Crippen LogP contribution in [0.4, 0.5) is 4.39 Å². The Hall–Kier alpha value is -0.890. The summed E-state index contributed by atoms with van der Waals surface area (Å²) in [5.74, 6) is 0.337. The number of hydrogen-bond donors (Lipinski definition) is 1. The molecule has 0 radical (unpaired) electrons. The topological polar surface area (TPSA) is 26.0 Å². The third kappa shape index (κ3) is 1.59. The van der Waals surface area contributed by atoms with E-state index in [2.05, 4.69) is 0 Å². The molecule has 0 bridgehead atoms. The number of hydrogen-bond acceptors (Lipinski definition) is 1. The van der Waals surface area contributed by atoms with Gasteiger partial charge in [-0.15, -0.1) is 0 Å². The van der Waals surface area contributed by atoms with Gasteiger partial charge in [0.25, 0.3) is 0 Å². The molecular weight excluding hydrogens is 165 g/mol. The van der Waals surface area contributed by atoms with Gasteiger partial charge in [0.1, 0.15) is 5.82 Å². The third-order valence-electron chi connectivity index (χ3n) is 2.87. The van der Waals surface area contributed by atoms with E-state index in [9.17, 15) is 4.39 Å². The van der Waals surface area contributed by atoms with E-state index in [1.165, 1.54) is 18.9 Å². The highest BCUT2D eigenvalue weighted by Crippen LogP contribution is 2.43. The highest BCUT2D eigenvalue weighted by molar-refractivity contribution is 5.26. The molecule has 1 atom stereocenters. The van der Waals surface area contributed by atoms with Crippen LogP contribution in [0.3, 0.4) is 0 Å². The summed E-state index contributed by atoms with van der Waals surface area (Å²) in [5.41, 5.74) is 6.71. The van der Waals surface area contributed by atoms with Gasteiger partial charge >= 0.3 is 0 Å². The Morgan fingerprint density at radius 1 is 1.46 bits per heavy atom. The lowest BCUT2D eigenvalue weighted by Crippen LogP contribution is -2.35. The zero-order valence-corrected chi connectivity index (χ0v) is 7.76. The molecule has 2 heteroatoms. The molecular formula is C11H14FN. The molecule has 1 unspecified atom stereocenters. The summed E-state index contributed by atoms with van der Waals surface area (Å²) in [6, 6.07) is 6.62. The van der Waals surface area contributed by atoms with Gasteiger partial charge in [0.2, 0.25) is 0 Å². The Labute approximate surface area is 77.8 Å². The van der Waals surface area contributed by atoms with Crippen LogP contribution in [-0.4, -0.2) is 0 Å². The number of benzene rings is 1. The molecule has 2 N–H and O–H groups in total. The van der Waals surface area contributed by atoms with E-state index in [0.717, 1.165) is 5.56 Å². The minimum atomic E-state index is -0.345. The van der Waals surface area contributed by atoms with Crippen LogP contribution in [0.25, 0.3) is 0 Å². The first-order chi connectivity index (χ1) is 6.10. The van der Waals surface area contributed by atoms with Crippen molar-refractivity contribution in [3.8, 4) is 0 Å². The quantitative estimate of drug-likeness (QED) is 0.741.